The van der Waals surface area contributed by atoms with Crippen LogP contribution in [-0.4, -0.2) is 28.7 Å². The van der Waals surface area contributed by atoms with E-state index in [4.69, 9.17) is 17.3 Å². The van der Waals surface area contributed by atoms with Crippen molar-refractivity contribution in [3.05, 3.63) is 22.4 Å². The van der Waals surface area contributed by atoms with Crippen LogP contribution in [-0.2, 0) is 9.53 Å². The van der Waals surface area contributed by atoms with Gasteiger partial charge in [0.1, 0.15) is 4.38 Å². The van der Waals surface area contributed by atoms with Crippen LogP contribution in [0.3, 0.4) is 0 Å². The Morgan fingerprint density at radius 3 is 3.06 bits per heavy atom. The monoisotopic (exact) mass is 276 g/mol. The number of thiol groups is 1. The van der Waals surface area contributed by atoms with Gasteiger partial charge in [0.15, 0.2) is 0 Å². The van der Waals surface area contributed by atoms with E-state index in [-0.39, 0.29) is 22.6 Å². The molecule has 7 heteroatoms. The smallest absolute Gasteiger partial charge is 0.339 e. The fourth-order valence-electron chi connectivity index (χ4n) is 1.57. The van der Waals surface area contributed by atoms with Crippen molar-refractivity contribution in [2.45, 2.75) is 11.3 Å². The minimum absolute atomic E-state index is 0.0671. The Morgan fingerprint density at radius 2 is 2.44 bits per heavy atom. The second kappa shape index (κ2) is 4.35. The van der Waals surface area contributed by atoms with Crippen LogP contribution in [0, 0.1) is 0 Å². The predicted molar refractivity (Wildman–Crippen MR) is 68.8 cm³/mol. The van der Waals surface area contributed by atoms with Gasteiger partial charge in [0, 0.05) is 0 Å². The lowest BCUT2D eigenvalue weighted by molar-refractivity contribution is -0.135. The summed E-state index contributed by atoms with van der Waals surface area (Å²) in [6.45, 7) is 0. The fraction of sp³-hybridized carbons (Fsp3) is 0.333. The van der Waals surface area contributed by atoms with E-state index in [1.54, 1.807) is 6.08 Å². The van der Waals surface area contributed by atoms with Crippen LogP contribution < -0.4 is 5.73 Å². The number of fused-ring (bicyclic) bond motifs is 1. The molecule has 1 aliphatic carbocycles. The van der Waals surface area contributed by atoms with Crippen molar-refractivity contribution in [3.8, 4) is 0 Å². The van der Waals surface area contributed by atoms with E-state index in [0.29, 0.717) is 9.41 Å². The molecule has 2 aliphatic rings. The first kappa shape index (κ1) is 11.9. The summed E-state index contributed by atoms with van der Waals surface area (Å²) in [6, 6.07) is -0.189. The van der Waals surface area contributed by atoms with Crippen LogP contribution in [0.25, 0.3) is 0 Å². The van der Waals surface area contributed by atoms with Crippen LogP contribution in [0.15, 0.2) is 27.4 Å². The lowest BCUT2D eigenvalue weighted by atomic mass is 9.99. The molecule has 2 rings (SSSR count). The molecular formula is C9H9ClN2O2S2. The second-order valence-corrected chi connectivity index (χ2v) is 5.54. The Kier molecular flexibility index (Phi) is 3.23. The highest BCUT2D eigenvalue weighted by Crippen LogP contribution is 2.41. The molecule has 0 amide bonds. The third-order valence-corrected chi connectivity index (χ3v) is 4.43. The van der Waals surface area contributed by atoms with Gasteiger partial charge < -0.3 is 10.5 Å². The lowest BCUT2D eigenvalue weighted by Gasteiger charge is -2.22. The van der Waals surface area contributed by atoms with Gasteiger partial charge in [-0.1, -0.05) is 23.4 Å². The Balaban J connectivity index is 2.40. The zero-order valence-corrected chi connectivity index (χ0v) is 10.8. The van der Waals surface area contributed by atoms with E-state index in [9.17, 15) is 4.79 Å². The number of methoxy groups -OCH3 is 1. The van der Waals surface area contributed by atoms with Crippen molar-refractivity contribution in [2.75, 3.05) is 7.11 Å². The topological polar surface area (TPSA) is 64.7 Å². The number of carbonyl (C=O) groups is 1. The third kappa shape index (κ3) is 1.85. The Labute approximate surface area is 107 Å². The molecule has 1 heterocycles. The molecule has 1 aliphatic heterocycles. The van der Waals surface area contributed by atoms with E-state index in [0.717, 1.165) is 0 Å². The first-order chi connectivity index (χ1) is 7.54. The summed E-state index contributed by atoms with van der Waals surface area (Å²) in [5, 5.41) is 0.369. The van der Waals surface area contributed by atoms with Gasteiger partial charge in [-0.25, -0.2) is 4.79 Å². The van der Waals surface area contributed by atoms with Gasteiger partial charge in [-0.15, -0.1) is 12.6 Å². The number of esters is 1. The molecule has 0 spiro atoms. The SMILES string of the molecule is COC(=O)C1=CC2N=C(S)SC2C(Cl)=C1N. The van der Waals surface area contributed by atoms with Crippen molar-refractivity contribution < 1.29 is 9.53 Å². The summed E-state index contributed by atoms with van der Waals surface area (Å²) in [4.78, 5) is 15.7. The standard InChI is InChI=1S/C9H9ClN2O2S2/c1-14-8(13)3-2-4-7(5(10)6(3)11)16-9(15)12-4/h2,4,7H,11H2,1H3,(H,12,15). The van der Waals surface area contributed by atoms with Gasteiger partial charge >= 0.3 is 5.97 Å². The number of ether oxygens (including phenoxy) is 1. The van der Waals surface area contributed by atoms with Crippen molar-refractivity contribution in [1.29, 1.82) is 0 Å². The average molecular weight is 277 g/mol. The average Bonchev–Trinajstić information content (AvgIpc) is 2.63. The minimum atomic E-state index is -0.498. The van der Waals surface area contributed by atoms with Gasteiger partial charge in [0.2, 0.25) is 0 Å². The molecule has 2 N–H and O–H groups in total. The van der Waals surface area contributed by atoms with Crippen LogP contribution in [0.5, 0.6) is 0 Å². The maximum Gasteiger partial charge on any atom is 0.339 e. The number of aliphatic imine (C=N–C) groups is 1. The van der Waals surface area contributed by atoms with E-state index in [1.165, 1.54) is 18.9 Å². The normalized spacial score (nSPS) is 28.4. The largest absolute Gasteiger partial charge is 0.465 e. The number of rotatable bonds is 1. The molecule has 86 valence electrons. The molecule has 2 unspecified atom stereocenters. The highest BCUT2D eigenvalue weighted by Gasteiger charge is 2.37. The van der Waals surface area contributed by atoms with Crippen LogP contribution in [0.4, 0.5) is 0 Å². The summed E-state index contributed by atoms with van der Waals surface area (Å²) in [6.07, 6.45) is 1.67. The predicted octanol–water partition coefficient (Wildman–Crippen LogP) is 1.28. The van der Waals surface area contributed by atoms with Crippen molar-refractivity contribution in [2.24, 2.45) is 10.7 Å². The maximum absolute atomic E-state index is 11.5. The number of carbonyl (C=O) groups excluding carboxylic acids is 1. The van der Waals surface area contributed by atoms with Gasteiger partial charge in [0.05, 0.1) is 34.7 Å². The Hall–Kier alpha value is -0.590. The fourth-order valence-corrected chi connectivity index (χ4v) is 3.32. The van der Waals surface area contributed by atoms with Gasteiger partial charge in [-0.05, 0) is 6.08 Å². The zero-order valence-electron chi connectivity index (χ0n) is 8.31. The lowest BCUT2D eigenvalue weighted by Crippen LogP contribution is -2.28. The molecule has 0 bridgehead atoms. The third-order valence-electron chi connectivity index (χ3n) is 2.34. The van der Waals surface area contributed by atoms with Crippen molar-refractivity contribution in [3.63, 3.8) is 0 Å². The van der Waals surface area contributed by atoms with E-state index >= 15 is 0 Å². The van der Waals surface area contributed by atoms with Gasteiger partial charge in [-0.2, -0.15) is 0 Å². The minimum Gasteiger partial charge on any atom is -0.465 e. The summed E-state index contributed by atoms with van der Waals surface area (Å²) < 4.78 is 5.27. The number of nitrogens with zero attached hydrogens (tertiary/aromatic N) is 1. The van der Waals surface area contributed by atoms with Crippen LogP contribution >= 0.6 is 36.0 Å². The van der Waals surface area contributed by atoms with Crippen molar-refractivity contribution in [1.82, 2.24) is 0 Å². The second-order valence-electron chi connectivity index (χ2n) is 3.27. The molecule has 0 aromatic rings. The van der Waals surface area contributed by atoms with Crippen molar-refractivity contribution >= 4 is 46.3 Å². The number of hydrogen-bond acceptors (Lipinski definition) is 5. The van der Waals surface area contributed by atoms with Crippen LogP contribution in [0.2, 0.25) is 0 Å². The summed E-state index contributed by atoms with van der Waals surface area (Å²) in [7, 11) is 1.30. The molecule has 0 aromatic heterocycles. The molecule has 0 saturated heterocycles. The molecule has 2 atom stereocenters. The molecular weight excluding hydrogens is 268 g/mol. The Morgan fingerprint density at radius 1 is 1.75 bits per heavy atom. The van der Waals surface area contributed by atoms with Gasteiger partial charge in [0.25, 0.3) is 0 Å². The first-order valence-corrected chi connectivity index (χ1v) is 6.14. The highest BCUT2D eigenvalue weighted by atomic mass is 35.5. The number of nitrogens with two attached hydrogens (primary N) is 1. The first-order valence-electron chi connectivity index (χ1n) is 4.43. The zero-order chi connectivity index (χ0) is 11.9. The molecule has 0 fully saturated rings. The van der Waals surface area contributed by atoms with E-state index in [1.807, 2.05) is 0 Å². The highest BCUT2D eigenvalue weighted by molar-refractivity contribution is 8.33. The maximum atomic E-state index is 11.5. The molecule has 16 heavy (non-hydrogen) atoms. The van der Waals surface area contributed by atoms with E-state index in [2.05, 4.69) is 22.4 Å². The molecule has 0 saturated carbocycles. The summed E-state index contributed by atoms with van der Waals surface area (Å²) in [5.41, 5.74) is 6.33. The Bertz CT molecular complexity index is 445. The quantitative estimate of drug-likeness (QED) is 0.559. The number of hydrogen-bond donors (Lipinski definition) is 2. The summed E-state index contributed by atoms with van der Waals surface area (Å²) >= 11 is 11.7. The number of halogens is 1. The molecule has 0 radical (unpaired) electrons. The number of thioether (sulfide) groups is 1. The van der Waals surface area contributed by atoms with Gasteiger partial charge in [-0.3, -0.25) is 4.99 Å². The van der Waals surface area contributed by atoms with E-state index < -0.39 is 5.97 Å². The van der Waals surface area contributed by atoms with Crippen LogP contribution in [0.1, 0.15) is 0 Å². The molecule has 4 nitrogen and oxygen atoms in total. The molecule has 0 aromatic carbocycles. The summed E-state index contributed by atoms with van der Waals surface area (Å²) in [5.74, 6) is -0.498.